The van der Waals surface area contributed by atoms with E-state index in [-0.39, 0.29) is 0 Å². The summed E-state index contributed by atoms with van der Waals surface area (Å²) in [5.41, 5.74) is 2.59. The molecule has 0 aliphatic carbocycles. The fourth-order valence-electron chi connectivity index (χ4n) is 3.25. The summed E-state index contributed by atoms with van der Waals surface area (Å²) >= 11 is 0. The third-order valence-electron chi connectivity index (χ3n) is 4.44. The van der Waals surface area contributed by atoms with Crippen molar-refractivity contribution < 1.29 is 0 Å². The average molecular weight is 310 g/mol. The van der Waals surface area contributed by atoms with Gasteiger partial charge in [0.1, 0.15) is 0 Å². The smallest absolute Gasteiger partial charge is 0.0238 e. The van der Waals surface area contributed by atoms with Crippen LogP contribution in [0.4, 0.5) is 0 Å². The maximum atomic E-state index is 4.22. The van der Waals surface area contributed by atoms with Crippen molar-refractivity contribution >= 4 is 21.5 Å². The van der Waals surface area contributed by atoms with Crippen LogP contribution in [-0.2, 0) is 13.1 Å². The van der Waals surface area contributed by atoms with Crippen LogP contribution in [0.3, 0.4) is 0 Å². The van der Waals surface area contributed by atoms with Gasteiger partial charge in [-0.1, -0.05) is 72.8 Å². The van der Waals surface area contributed by atoms with E-state index in [1.807, 2.05) is 0 Å². The van der Waals surface area contributed by atoms with Gasteiger partial charge in [-0.3, -0.25) is 4.90 Å². The summed E-state index contributed by atoms with van der Waals surface area (Å²) in [6, 6.07) is 30.2. The maximum absolute atomic E-state index is 4.22. The van der Waals surface area contributed by atoms with Crippen LogP contribution in [0.5, 0.6) is 0 Å². The molecule has 0 atom stereocenters. The Morgan fingerprint density at radius 1 is 0.542 bits per heavy atom. The lowest BCUT2D eigenvalue weighted by Crippen LogP contribution is -2.14. The summed E-state index contributed by atoms with van der Waals surface area (Å²) in [6.07, 6.45) is 0. The minimum atomic E-state index is 0.845. The number of nitrogens with zero attached hydrogens (tertiary/aromatic N) is 1. The molecule has 0 heterocycles. The van der Waals surface area contributed by atoms with Crippen LogP contribution >= 0.6 is 0 Å². The first-order chi connectivity index (χ1) is 11.8. The number of benzene rings is 4. The molecule has 24 heavy (non-hydrogen) atoms. The highest BCUT2D eigenvalue weighted by atomic mass is 15.1. The predicted molar refractivity (Wildman–Crippen MR) is 103 cm³/mol. The third kappa shape index (κ3) is 3.17. The van der Waals surface area contributed by atoms with Crippen molar-refractivity contribution in [1.29, 1.82) is 0 Å². The van der Waals surface area contributed by atoms with Crippen molar-refractivity contribution in [2.45, 2.75) is 13.1 Å². The SMILES string of the molecule is [CH2]N(Cc1ccc2ccccc2c1)Cc1ccc2ccccc2c1. The average Bonchev–Trinajstić information content (AvgIpc) is 2.61. The van der Waals surface area contributed by atoms with Gasteiger partial charge in [0.15, 0.2) is 0 Å². The number of hydrogen-bond donors (Lipinski definition) is 0. The van der Waals surface area contributed by atoms with Gasteiger partial charge >= 0.3 is 0 Å². The number of fused-ring (bicyclic) bond motifs is 2. The van der Waals surface area contributed by atoms with Gasteiger partial charge in [-0.2, -0.15) is 0 Å². The summed E-state index contributed by atoms with van der Waals surface area (Å²) in [6.45, 7) is 1.69. The molecule has 0 fully saturated rings. The molecule has 4 rings (SSSR count). The highest BCUT2D eigenvalue weighted by Crippen LogP contribution is 2.19. The Morgan fingerprint density at radius 2 is 0.958 bits per heavy atom. The zero-order valence-corrected chi connectivity index (χ0v) is 13.7. The molecule has 0 aliphatic heterocycles. The molecular weight excluding hydrogens is 290 g/mol. The first kappa shape index (κ1) is 14.9. The second-order valence-electron chi connectivity index (χ2n) is 6.35. The molecule has 0 aromatic heterocycles. The summed E-state index contributed by atoms with van der Waals surface area (Å²) in [5, 5.41) is 5.14. The van der Waals surface area contributed by atoms with Crippen molar-refractivity contribution in [2.75, 3.05) is 0 Å². The van der Waals surface area contributed by atoms with Gasteiger partial charge in [0.2, 0.25) is 0 Å². The third-order valence-corrected chi connectivity index (χ3v) is 4.44. The van der Waals surface area contributed by atoms with E-state index in [4.69, 9.17) is 0 Å². The Kier molecular flexibility index (Phi) is 4.02. The fourth-order valence-corrected chi connectivity index (χ4v) is 3.25. The highest BCUT2D eigenvalue weighted by molar-refractivity contribution is 5.83. The van der Waals surface area contributed by atoms with Crippen LogP contribution in [0.2, 0.25) is 0 Å². The molecule has 1 radical (unpaired) electrons. The van der Waals surface area contributed by atoms with Crippen molar-refractivity contribution in [3.63, 3.8) is 0 Å². The topological polar surface area (TPSA) is 3.24 Å². The van der Waals surface area contributed by atoms with Gasteiger partial charge in [0.25, 0.3) is 0 Å². The Morgan fingerprint density at radius 3 is 1.42 bits per heavy atom. The Hall–Kier alpha value is -2.64. The van der Waals surface area contributed by atoms with E-state index in [1.165, 1.54) is 32.7 Å². The van der Waals surface area contributed by atoms with E-state index in [9.17, 15) is 0 Å². The predicted octanol–water partition coefficient (Wildman–Crippen LogP) is 5.79. The normalized spacial score (nSPS) is 11.4. The van der Waals surface area contributed by atoms with Crippen molar-refractivity contribution in [1.82, 2.24) is 4.90 Å². The summed E-state index contributed by atoms with van der Waals surface area (Å²) in [7, 11) is 4.22. The molecule has 0 spiro atoms. The van der Waals surface area contributed by atoms with Crippen molar-refractivity contribution in [3.05, 3.63) is 103 Å². The monoisotopic (exact) mass is 310 g/mol. The number of rotatable bonds is 4. The van der Waals surface area contributed by atoms with Crippen LogP contribution in [0.15, 0.2) is 84.9 Å². The lowest BCUT2D eigenvalue weighted by molar-refractivity contribution is 0.356. The maximum Gasteiger partial charge on any atom is 0.0238 e. The molecule has 0 amide bonds. The van der Waals surface area contributed by atoms with Gasteiger partial charge in [-0.25, -0.2) is 0 Å². The second kappa shape index (κ2) is 6.46. The largest absolute Gasteiger partial charge is 0.294 e. The molecule has 0 saturated heterocycles. The van der Waals surface area contributed by atoms with Crippen LogP contribution in [0.25, 0.3) is 21.5 Å². The van der Waals surface area contributed by atoms with E-state index >= 15 is 0 Å². The molecule has 1 nitrogen and oxygen atoms in total. The molecule has 0 unspecified atom stereocenters. The van der Waals surface area contributed by atoms with Gasteiger partial charge in [0.05, 0.1) is 0 Å². The number of hydrogen-bond acceptors (Lipinski definition) is 1. The van der Waals surface area contributed by atoms with Crippen molar-refractivity contribution in [3.8, 4) is 0 Å². The fraction of sp³-hybridized carbons (Fsp3) is 0.0870. The Balaban J connectivity index is 1.51. The molecule has 4 aromatic carbocycles. The van der Waals surface area contributed by atoms with Crippen LogP contribution < -0.4 is 0 Å². The Labute approximate surface area is 143 Å². The van der Waals surface area contributed by atoms with Crippen LogP contribution in [0.1, 0.15) is 11.1 Å². The van der Waals surface area contributed by atoms with Gasteiger partial charge in [-0.15, -0.1) is 0 Å². The minimum absolute atomic E-state index is 0.845. The van der Waals surface area contributed by atoms with Gasteiger partial charge < -0.3 is 0 Å². The molecule has 0 aliphatic rings. The molecule has 0 bridgehead atoms. The molecular formula is C23H20N. The van der Waals surface area contributed by atoms with E-state index in [2.05, 4.69) is 96.9 Å². The zero-order valence-electron chi connectivity index (χ0n) is 13.7. The zero-order chi connectivity index (χ0) is 16.4. The first-order valence-electron chi connectivity index (χ1n) is 8.29. The molecule has 0 N–H and O–H groups in total. The van der Waals surface area contributed by atoms with Gasteiger partial charge in [-0.05, 0) is 44.8 Å². The lowest BCUT2D eigenvalue weighted by Gasteiger charge is -2.17. The summed E-state index contributed by atoms with van der Waals surface area (Å²) in [4.78, 5) is 2.12. The van der Waals surface area contributed by atoms with Gasteiger partial charge in [0, 0.05) is 20.1 Å². The quantitative estimate of drug-likeness (QED) is 0.461. The van der Waals surface area contributed by atoms with Crippen LogP contribution in [-0.4, -0.2) is 4.90 Å². The molecule has 4 aromatic rings. The minimum Gasteiger partial charge on any atom is -0.294 e. The van der Waals surface area contributed by atoms with Crippen LogP contribution in [0, 0.1) is 7.05 Å². The van der Waals surface area contributed by atoms with E-state index in [0.29, 0.717) is 0 Å². The van der Waals surface area contributed by atoms with E-state index in [0.717, 1.165) is 13.1 Å². The van der Waals surface area contributed by atoms with E-state index in [1.54, 1.807) is 0 Å². The van der Waals surface area contributed by atoms with E-state index < -0.39 is 0 Å². The molecule has 117 valence electrons. The summed E-state index contributed by atoms with van der Waals surface area (Å²) < 4.78 is 0. The molecule has 0 saturated carbocycles. The second-order valence-corrected chi connectivity index (χ2v) is 6.35. The Bertz CT molecular complexity index is 906. The molecule has 1 heteroatoms. The lowest BCUT2D eigenvalue weighted by atomic mass is 10.1. The highest BCUT2D eigenvalue weighted by Gasteiger charge is 2.04. The van der Waals surface area contributed by atoms with Crippen molar-refractivity contribution in [2.24, 2.45) is 0 Å². The summed E-state index contributed by atoms with van der Waals surface area (Å²) in [5.74, 6) is 0. The standard InChI is InChI=1S/C23H20N/c1-24(16-18-10-12-20-6-2-4-8-22(20)14-18)17-19-11-13-21-7-3-5-9-23(21)15-19/h2-15H,1,16-17H2. The first-order valence-corrected chi connectivity index (χ1v) is 8.29.